The van der Waals surface area contributed by atoms with Gasteiger partial charge in [-0.15, -0.1) is 0 Å². The molecule has 1 aliphatic rings. The molecule has 1 aromatic rings. The summed E-state index contributed by atoms with van der Waals surface area (Å²) in [4.78, 5) is 0.366. The molecule has 18 heavy (non-hydrogen) atoms. The van der Waals surface area contributed by atoms with Crippen molar-refractivity contribution in [3.8, 4) is 0 Å². The molecule has 0 bridgehead atoms. The zero-order chi connectivity index (χ0) is 13.2. The fourth-order valence-electron chi connectivity index (χ4n) is 2.26. The van der Waals surface area contributed by atoms with Crippen molar-refractivity contribution in [3.63, 3.8) is 0 Å². The molecule has 0 atom stereocenters. The van der Waals surface area contributed by atoms with E-state index in [2.05, 4.69) is 0 Å². The summed E-state index contributed by atoms with van der Waals surface area (Å²) >= 11 is 0. The molecule has 0 saturated carbocycles. The lowest BCUT2D eigenvalue weighted by Gasteiger charge is -2.30. The van der Waals surface area contributed by atoms with Gasteiger partial charge in [-0.1, -0.05) is 12.1 Å². The number of hydrogen-bond donors (Lipinski definition) is 1. The third kappa shape index (κ3) is 2.74. The van der Waals surface area contributed by atoms with Crippen LogP contribution in [-0.2, 0) is 10.0 Å². The van der Waals surface area contributed by atoms with Gasteiger partial charge in [0.25, 0.3) is 0 Å². The Balaban J connectivity index is 2.17. The van der Waals surface area contributed by atoms with Gasteiger partial charge in [0.1, 0.15) is 0 Å². The third-order valence-corrected chi connectivity index (χ3v) is 5.35. The number of aryl methyl sites for hydroxylation is 1. The van der Waals surface area contributed by atoms with Crippen LogP contribution in [-0.4, -0.2) is 37.5 Å². The van der Waals surface area contributed by atoms with E-state index in [1.54, 1.807) is 18.2 Å². The first-order chi connectivity index (χ1) is 8.54. The second-order valence-electron chi connectivity index (χ2n) is 4.85. The van der Waals surface area contributed by atoms with Crippen LogP contribution < -0.4 is 0 Å². The minimum Gasteiger partial charge on any atom is -0.396 e. The summed E-state index contributed by atoms with van der Waals surface area (Å²) < 4.78 is 26.3. The minimum atomic E-state index is -3.36. The summed E-state index contributed by atoms with van der Waals surface area (Å²) in [5.41, 5.74) is 0.946. The van der Waals surface area contributed by atoms with Crippen LogP contribution in [0.1, 0.15) is 18.4 Å². The number of aliphatic hydroxyl groups excluding tert-OH is 1. The average molecular weight is 269 g/mol. The summed E-state index contributed by atoms with van der Waals surface area (Å²) in [6.07, 6.45) is 1.48. The molecule has 1 fully saturated rings. The highest BCUT2D eigenvalue weighted by Crippen LogP contribution is 2.23. The lowest BCUT2D eigenvalue weighted by atomic mass is 10.00. The highest BCUT2D eigenvalue weighted by atomic mass is 32.2. The second kappa shape index (κ2) is 5.38. The molecule has 0 spiro atoms. The van der Waals surface area contributed by atoms with E-state index in [0.29, 0.717) is 18.0 Å². The van der Waals surface area contributed by atoms with Crippen molar-refractivity contribution in [2.24, 2.45) is 5.92 Å². The van der Waals surface area contributed by atoms with Crippen molar-refractivity contribution in [1.29, 1.82) is 0 Å². The number of benzene rings is 1. The van der Waals surface area contributed by atoms with Crippen LogP contribution in [0.5, 0.6) is 0 Å². The van der Waals surface area contributed by atoms with Crippen molar-refractivity contribution >= 4 is 10.0 Å². The zero-order valence-electron chi connectivity index (χ0n) is 10.5. The predicted octanol–water partition coefficient (Wildman–Crippen LogP) is 1.39. The van der Waals surface area contributed by atoms with E-state index in [4.69, 9.17) is 5.11 Å². The summed E-state index contributed by atoms with van der Waals surface area (Å²) in [5.74, 6) is 0.244. The van der Waals surface area contributed by atoms with E-state index in [1.807, 2.05) is 13.0 Å². The van der Waals surface area contributed by atoms with Gasteiger partial charge in [-0.3, -0.25) is 0 Å². The molecule has 1 aromatic carbocycles. The number of piperidine rings is 1. The van der Waals surface area contributed by atoms with Crippen LogP contribution >= 0.6 is 0 Å². The molecule has 1 saturated heterocycles. The second-order valence-corrected chi connectivity index (χ2v) is 6.78. The van der Waals surface area contributed by atoms with Gasteiger partial charge in [-0.25, -0.2) is 8.42 Å². The summed E-state index contributed by atoms with van der Waals surface area (Å²) in [7, 11) is -3.36. The molecule has 0 aromatic heterocycles. The monoisotopic (exact) mass is 269 g/mol. The maximum atomic E-state index is 12.4. The van der Waals surface area contributed by atoms with E-state index in [-0.39, 0.29) is 12.5 Å². The standard InChI is InChI=1S/C13H19NO3S/c1-11-3-2-4-13(9-11)18(16,17)14-7-5-12(10-15)6-8-14/h2-4,9,12,15H,5-8,10H2,1H3. The summed E-state index contributed by atoms with van der Waals surface area (Å²) in [5, 5.41) is 9.07. The normalized spacial score (nSPS) is 19.0. The van der Waals surface area contributed by atoms with Crippen LogP contribution in [0.2, 0.25) is 0 Å². The fourth-order valence-corrected chi connectivity index (χ4v) is 3.83. The van der Waals surface area contributed by atoms with E-state index in [9.17, 15) is 8.42 Å². The number of rotatable bonds is 3. The minimum absolute atomic E-state index is 0.151. The number of aliphatic hydroxyl groups is 1. The molecular formula is C13H19NO3S. The predicted molar refractivity (Wildman–Crippen MR) is 69.7 cm³/mol. The van der Waals surface area contributed by atoms with Crippen LogP contribution in [0.25, 0.3) is 0 Å². The Morgan fingerprint density at radius 3 is 2.56 bits per heavy atom. The van der Waals surface area contributed by atoms with Crippen molar-refractivity contribution in [3.05, 3.63) is 29.8 Å². The molecular weight excluding hydrogens is 250 g/mol. The van der Waals surface area contributed by atoms with Gasteiger partial charge < -0.3 is 5.11 Å². The molecule has 0 radical (unpaired) electrons. The largest absolute Gasteiger partial charge is 0.396 e. The molecule has 1 N–H and O–H groups in total. The van der Waals surface area contributed by atoms with Crippen LogP contribution in [0.4, 0.5) is 0 Å². The first-order valence-electron chi connectivity index (χ1n) is 6.21. The Morgan fingerprint density at radius 1 is 1.33 bits per heavy atom. The maximum Gasteiger partial charge on any atom is 0.243 e. The highest BCUT2D eigenvalue weighted by Gasteiger charge is 2.28. The van der Waals surface area contributed by atoms with E-state index >= 15 is 0 Å². The average Bonchev–Trinajstić information content (AvgIpc) is 2.39. The van der Waals surface area contributed by atoms with Crippen molar-refractivity contribution < 1.29 is 13.5 Å². The van der Waals surface area contributed by atoms with E-state index in [0.717, 1.165) is 18.4 Å². The summed E-state index contributed by atoms with van der Waals surface area (Å²) in [6.45, 7) is 3.04. The van der Waals surface area contributed by atoms with Gasteiger partial charge >= 0.3 is 0 Å². The molecule has 0 unspecified atom stereocenters. The van der Waals surface area contributed by atoms with Gasteiger partial charge in [0.2, 0.25) is 10.0 Å². The molecule has 0 aliphatic carbocycles. The fraction of sp³-hybridized carbons (Fsp3) is 0.538. The Bertz CT molecular complexity index is 505. The molecule has 2 rings (SSSR count). The maximum absolute atomic E-state index is 12.4. The number of hydrogen-bond acceptors (Lipinski definition) is 3. The highest BCUT2D eigenvalue weighted by molar-refractivity contribution is 7.89. The third-order valence-electron chi connectivity index (χ3n) is 3.46. The number of nitrogens with zero attached hydrogens (tertiary/aromatic N) is 1. The van der Waals surface area contributed by atoms with Crippen LogP contribution in [0, 0.1) is 12.8 Å². The molecule has 5 heteroatoms. The topological polar surface area (TPSA) is 57.6 Å². The molecule has 4 nitrogen and oxygen atoms in total. The lowest BCUT2D eigenvalue weighted by molar-refractivity contribution is 0.170. The van der Waals surface area contributed by atoms with Crippen molar-refractivity contribution in [2.45, 2.75) is 24.7 Å². The summed E-state index contributed by atoms with van der Waals surface area (Å²) in [6, 6.07) is 6.99. The van der Waals surface area contributed by atoms with Gasteiger partial charge in [-0.05, 0) is 43.4 Å². The van der Waals surface area contributed by atoms with Gasteiger partial charge in [-0.2, -0.15) is 4.31 Å². The van der Waals surface area contributed by atoms with Crippen LogP contribution in [0.3, 0.4) is 0 Å². The Hall–Kier alpha value is -0.910. The quantitative estimate of drug-likeness (QED) is 0.902. The van der Waals surface area contributed by atoms with Gasteiger partial charge in [0.05, 0.1) is 4.90 Å². The molecule has 0 amide bonds. The Kier molecular flexibility index (Phi) is 4.04. The van der Waals surface area contributed by atoms with Gasteiger partial charge in [0.15, 0.2) is 0 Å². The zero-order valence-corrected chi connectivity index (χ0v) is 11.4. The first kappa shape index (κ1) is 13.5. The Morgan fingerprint density at radius 2 is 2.00 bits per heavy atom. The lowest BCUT2D eigenvalue weighted by Crippen LogP contribution is -2.39. The van der Waals surface area contributed by atoms with Crippen LogP contribution in [0.15, 0.2) is 29.2 Å². The Labute approximate surface area is 108 Å². The smallest absolute Gasteiger partial charge is 0.243 e. The van der Waals surface area contributed by atoms with Gasteiger partial charge in [0, 0.05) is 19.7 Å². The SMILES string of the molecule is Cc1cccc(S(=O)(=O)N2CCC(CO)CC2)c1. The van der Waals surface area contributed by atoms with Crippen molar-refractivity contribution in [1.82, 2.24) is 4.31 Å². The molecule has 100 valence electrons. The molecule has 1 heterocycles. The first-order valence-corrected chi connectivity index (χ1v) is 7.65. The number of sulfonamides is 1. The molecule has 1 aliphatic heterocycles. The van der Waals surface area contributed by atoms with E-state index < -0.39 is 10.0 Å². The van der Waals surface area contributed by atoms with E-state index in [1.165, 1.54) is 4.31 Å². The van der Waals surface area contributed by atoms with Crippen molar-refractivity contribution in [2.75, 3.05) is 19.7 Å².